The van der Waals surface area contributed by atoms with E-state index in [-0.39, 0.29) is 6.42 Å². The summed E-state index contributed by atoms with van der Waals surface area (Å²) in [6.45, 7) is 1.50. The molecular weight excluding hydrogens is 206 g/mol. The Bertz CT molecular complexity index is 249. The third-order valence-corrected chi connectivity index (χ3v) is 2.28. The van der Waals surface area contributed by atoms with Gasteiger partial charge in [0.25, 0.3) is 0 Å². The molecule has 86 valence electrons. The van der Waals surface area contributed by atoms with Crippen LogP contribution < -0.4 is 5.73 Å². The van der Waals surface area contributed by atoms with Gasteiger partial charge in [0.2, 0.25) is 0 Å². The van der Waals surface area contributed by atoms with E-state index in [1.165, 1.54) is 6.92 Å². The Labute approximate surface area is 85.6 Å². The minimum absolute atomic E-state index is 0.111. The number of nitrogens with zero attached hydrogens (tertiary/aromatic N) is 2. The number of nitroso groups, excluding NO2 is 1. The molecule has 0 spiro atoms. The molecule has 1 fully saturated rings. The molecule has 0 aromatic carbocycles. The van der Waals surface area contributed by atoms with Crippen LogP contribution in [0, 0.1) is 4.91 Å². The molecular formula is C7H13N3O5. The molecule has 0 unspecified atom stereocenters. The maximum Gasteiger partial charge on any atom is 0.340 e. The molecule has 0 aromatic rings. The molecule has 8 heteroatoms. The molecule has 4 atom stereocenters. The normalized spacial score (nSPS) is 35.9. The van der Waals surface area contributed by atoms with Crippen LogP contribution in [0.1, 0.15) is 13.3 Å². The van der Waals surface area contributed by atoms with Crippen LogP contribution in [0.2, 0.25) is 0 Å². The van der Waals surface area contributed by atoms with Crippen molar-refractivity contribution in [1.82, 2.24) is 5.01 Å². The number of rotatable bonds is 2. The maximum absolute atomic E-state index is 10.8. The second kappa shape index (κ2) is 4.51. The highest BCUT2D eigenvalue weighted by molar-refractivity contribution is 5.71. The summed E-state index contributed by atoms with van der Waals surface area (Å²) in [5, 5.41) is 21.5. The summed E-state index contributed by atoms with van der Waals surface area (Å²) in [6.07, 6.45) is -3.99. The Morgan fingerprint density at radius 3 is 2.60 bits per heavy atom. The topological polar surface area (TPSA) is 125 Å². The van der Waals surface area contributed by atoms with Gasteiger partial charge >= 0.3 is 6.03 Å². The van der Waals surface area contributed by atoms with Crippen LogP contribution in [0.15, 0.2) is 5.29 Å². The van der Waals surface area contributed by atoms with Crippen LogP contribution in [0.5, 0.6) is 0 Å². The van der Waals surface area contributed by atoms with E-state index in [0.717, 1.165) is 0 Å². The molecule has 8 nitrogen and oxygen atoms in total. The van der Waals surface area contributed by atoms with E-state index in [9.17, 15) is 19.9 Å². The lowest BCUT2D eigenvalue weighted by Gasteiger charge is -2.37. The second-order valence-electron chi connectivity index (χ2n) is 3.35. The first-order valence-electron chi connectivity index (χ1n) is 4.41. The Hall–Kier alpha value is -1.25. The van der Waals surface area contributed by atoms with E-state index in [1.54, 1.807) is 0 Å². The second-order valence-corrected chi connectivity index (χ2v) is 3.35. The molecule has 15 heavy (non-hydrogen) atoms. The molecule has 0 aliphatic carbocycles. The highest BCUT2D eigenvalue weighted by Crippen LogP contribution is 2.22. The van der Waals surface area contributed by atoms with Crippen LogP contribution in [0.3, 0.4) is 0 Å². The summed E-state index contributed by atoms with van der Waals surface area (Å²) >= 11 is 0. The van der Waals surface area contributed by atoms with Gasteiger partial charge in [-0.3, -0.25) is 0 Å². The summed E-state index contributed by atoms with van der Waals surface area (Å²) < 4.78 is 5.10. The molecule has 0 radical (unpaired) electrons. The molecule has 4 N–H and O–H groups in total. The van der Waals surface area contributed by atoms with Gasteiger partial charge < -0.3 is 20.7 Å². The van der Waals surface area contributed by atoms with Crippen LogP contribution >= 0.6 is 0 Å². The third kappa shape index (κ3) is 2.41. The van der Waals surface area contributed by atoms with Crippen LogP contribution in [0.4, 0.5) is 4.79 Å². The standard InChI is InChI=1S/C7H13N3O5/c1-3-6(12)4(11)2-5(15-3)10(9-14)7(8)13/h3-6,11-12H,2H2,1H3,(H2,8,13)/t3-,4-,5+,6-/m0/s1. The average molecular weight is 219 g/mol. The number of aliphatic hydroxyl groups is 2. The fraction of sp³-hybridized carbons (Fsp3) is 0.857. The summed E-state index contributed by atoms with van der Waals surface area (Å²) in [6, 6.07) is -1.06. The minimum Gasteiger partial charge on any atom is -0.390 e. The molecule has 1 aliphatic rings. The number of hydrogen-bond acceptors (Lipinski definition) is 6. The zero-order valence-corrected chi connectivity index (χ0v) is 8.11. The molecule has 0 aromatic heterocycles. The SMILES string of the molecule is C[C@@H]1O[C@@H](N(N=O)C(N)=O)C[C@H](O)[C@H]1O. The van der Waals surface area contributed by atoms with Gasteiger partial charge in [-0.05, 0) is 6.92 Å². The fourth-order valence-corrected chi connectivity index (χ4v) is 1.43. The molecule has 1 heterocycles. The predicted molar refractivity (Wildman–Crippen MR) is 48.2 cm³/mol. The average Bonchev–Trinajstić information content (AvgIpc) is 2.14. The van der Waals surface area contributed by atoms with E-state index in [0.29, 0.717) is 5.01 Å². The van der Waals surface area contributed by atoms with Crippen molar-refractivity contribution >= 4 is 6.03 Å². The minimum atomic E-state index is -1.08. The summed E-state index contributed by atoms with van der Waals surface area (Å²) in [4.78, 5) is 21.0. The number of amides is 2. The third-order valence-electron chi connectivity index (χ3n) is 2.28. The lowest BCUT2D eigenvalue weighted by Crippen LogP contribution is -2.53. The number of carbonyl (C=O) groups is 1. The Balaban J connectivity index is 2.72. The van der Waals surface area contributed by atoms with E-state index in [1.807, 2.05) is 0 Å². The van der Waals surface area contributed by atoms with Crippen molar-refractivity contribution in [3.8, 4) is 0 Å². The highest BCUT2D eigenvalue weighted by atomic mass is 16.5. The Morgan fingerprint density at radius 1 is 1.60 bits per heavy atom. The van der Waals surface area contributed by atoms with Gasteiger partial charge in [0.1, 0.15) is 6.10 Å². The Kier molecular flexibility index (Phi) is 3.56. The van der Waals surface area contributed by atoms with E-state index in [4.69, 9.17) is 10.5 Å². The smallest absolute Gasteiger partial charge is 0.340 e. The lowest BCUT2D eigenvalue weighted by atomic mass is 10.0. The summed E-state index contributed by atoms with van der Waals surface area (Å²) in [7, 11) is 0. The highest BCUT2D eigenvalue weighted by Gasteiger charge is 2.38. The van der Waals surface area contributed by atoms with E-state index >= 15 is 0 Å². The zero-order chi connectivity index (χ0) is 11.6. The van der Waals surface area contributed by atoms with Crippen LogP contribution in [-0.2, 0) is 4.74 Å². The van der Waals surface area contributed by atoms with Crippen molar-refractivity contribution in [2.75, 3.05) is 0 Å². The van der Waals surface area contributed by atoms with Crippen LogP contribution in [-0.4, -0.2) is 45.8 Å². The van der Waals surface area contributed by atoms with Crippen molar-refractivity contribution in [1.29, 1.82) is 0 Å². The van der Waals surface area contributed by atoms with Crippen molar-refractivity contribution in [3.05, 3.63) is 4.91 Å². The van der Waals surface area contributed by atoms with Crippen molar-refractivity contribution in [3.63, 3.8) is 0 Å². The van der Waals surface area contributed by atoms with E-state index < -0.39 is 30.6 Å². The summed E-state index contributed by atoms with van der Waals surface area (Å²) in [5.41, 5.74) is 4.87. The summed E-state index contributed by atoms with van der Waals surface area (Å²) in [5.74, 6) is 0. The molecule has 2 amide bonds. The number of urea groups is 1. The van der Waals surface area contributed by atoms with E-state index in [2.05, 4.69) is 5.29 Å². The van der Waals surface area contributed by atoms with Gasteiger partial charge in [0.15, 0.2) is 6.23 Å². The number of hydrogen-bond donors (Lipinski definition) is 3. The maximum atomic E-state index is 10.8. The molecule has 1 saturated heterocycles. The fourth-order valence-electron chi connectivity index (χ4n) is 1.43. The van der Waals surface area contributed by atoms with Gasteiger partial charge in [0.05, 0.1) is 17.5 Å². The van der Waals surface area contributed by atoms with Gasteiger partial charge in [0, 0.05) is 6.42 Å². The van der Waals surface area contributed by atoms with Crippen molar-refractivity contribution in [2.45, 2.75) is 37.9 Å². The van der Waals surface area contributed by atoms with Gasteiger partial charge in [-0.25, -0.2) is 4.79 Å². The molecule has 1 aliphatic heterocycles. The zero-order valence-electron chi connectivity index (χ0n) is 8.11. The van der Waals surface area contributed by atoms with Gasteiger partial charge in [-0.15, -0.1) is 9.92 Å². The lowest BCUT2D eigenvalue weighted by molar-refractivity contribution is -0.193. The first-order chi connectivity index (χ1) is 6.97. The van der Waals surface area contributed by atoms with Gasteiger partial charge in [-0.2, -0.15) is 0 Å². The number of carbonyl (C=O) groups excluding carboxylic acids is 1. The number of nitrogens with two attached hydrogens (primary N) is 1. The molecule has 0 saturated carbocycles. The van der Waals surface area contributed by atoms with Gasteiger partial charge in [-0.1, -0.05) is 0 Å². The first kappa shape index (κ1) is 11.8. The monoisotopic (exact) mass is 219 g/mol. The molecule has 0 bridgehead atoms. The largest absolute Gasteiger partial charge is 0.390 e. The van der Waals surface area contributed by atoms with Crippen LogP contribution in [0.25, 0.3) is 0 Å². The number of aliphatic hydroxyl groups excluding tert-OH is 2. The number of ether oxygens (including phenoxy) is 1. The van der Waals surface area contributed by atoms with Crippen molar-refractivity contribution < 1.29 is 19.7 Å². The Morgan fingerprint density at radius 2 is 2.20 bits per heavy atom. The molecule has 1 rings (SSSR count). The van der Waals surface area contributed by atoms with Crippen molar-refractivity contribution in [2.24, 2.45) is 11.0 Å². The first-order valence-corrected chi connectivity index (χ1v) is 4.41. The number of primary amides is 1. The quantitative estimate of drug-likeness (QED) is 0.401. The predicted octanol–water partition coefficient (Wildman–Crippen LogP) is -1.09.